The maximum absolute atomic E-state index is 11.4. The number of nitrogens with zero attached hydrogens (tertiary/aromatic N) is 2. The minimum Gasteiger partial charge on any atom is -0.226 e. The minimum atomic E-state index is -3.16. The predicted octanol–water partition coefficient (Wildman–Crippen LogP) is 3.75. The van der Waals surface area contributed by atoms with E-state index in [4.69, 9.17) is 0 Å². The van der Waals surface area contributed by atoms with Crippen LogP contribution in [0.2, 0.25) is 0 Å². The van der Waals surface area contributed by atoms with Crippen LogP contribution >= 0.6 is 27.7 Å². The quantitative estimate of drug-likeness (QED) is 0.732. The molecule has 4 nitrogen and oxygen atoms in total. The molecule has 0 unspecified atom stereocenters. The molecule has 21 heavy (non-hydrogen) atoms. The van der Waals surface area contributed by atoms with Crippen molar-refractivity contribution in [3.05, 3.63) is 40.8 Å². The molecule has 0 aliphatic carbocycles. The number of benzene rings is 1. The van der Waals surface area contributed by atoms with Gasteiger partial charge in [-0.15, -0.1) is 0 Å². The summed E-state index contributed by atoms with van der Waals surface area (Å²) >= 11 is 4.88. The molecular formula is C14H15BrN2O2S2. The molecule has 0 aliphatic heterocycles. The van der Waals surface area contributed by atoms with E-state index in [0.717, 1.165) is 33.2 Å². The molecule has 0 radical (unpaired) electrons. The number of hydrogen-bond acceptors (Lipinski definition) is 5. The van der Waals surface area contributed by atoms with Gasteiger partial charge in [-0.3, -0.25) is 0 Å². The minimum absolute atomic E-state index is 0.322. The van der Waals surface area contributed by atoms with E-state index in [2.05, 4.69) is 32.8 Å². The Hall–Kier alpha value is -0.920. The van der Waals surface area contributed by atoms with Gasteiger partial charge >= 0.3 is 0 Å². The molecule has 0 fully saturated rings. The molecule has 112 valence electrons. The van der Waals surface area contributed by atoms with Crippen LogP contribution in [0.5, 0.6) is 0 Å². The van der Waals surface area contributed by atoms with Gasteiger partial charge in [0.05, 0.1) is 4.90 Å². The molecule has 0 saturated heterocycles. The van der Waals surface area contributed by atoms with Crippen molar-refractivity contribution in [2.45, 2.75) is 34.6 Å². The van der Waals surface area contributed by atoms with Gasteiger partial charge < -0.3 is 0 Å². The van der Waals surface area contributed by atoms with Crippen molar-refractivity contribution in [1.29, 1.82) is 0 Å². The first-order chi connectivity index (χ1) is 9.88. The van der Waals surface area contributed by atoms with Gasteiger partial charge in [-0.1, -0.05) is 18.7 Å². The average molecular weight is 387 g/mol. The second-order valence-corrected chi connectivity index (χ2v) is 8.46. The molecule has 0 N–H and O–H groups in total. The van der Waals surface area contributed by atoms with Crippen LogP contribution in [-0.2, 0) is 16.3 Å². The molecule has 2 rings (SSSR count). The monoisotopic (exact) mass is 386 g/mol. The molecule has 0 bridgehead atoms. The van der Waals surface area contributed by atoms with Crippen LogP contribution in [0.4, 0.5) is 0 Å². The van der Waals surface area contributed by atoms with Gasteiger partial charge in [-0.2, -0.15) is 0 Å². The largest absolute Gasteiger partial charge is 0.226 e. The predicted molar refractivity (Wildman–Crippen MR) is 87.4 cm³/mol. The van der Waals surface area contributed by atoms with Crippen LogP contribution in [0.3, 0.4) is 0 Å². The summed E-state index contributed by atoms with van der Waals surface area (Å²) in [5, 5.41) is 0.840. The van der Waals surface area contributed by atoms with Crippen molar-refractivity contribution in [3.8, 4) is 0 Å². The third kappa shape index (κ3) is 4.79. The number of hydrogen-bond donors (Lipinski definition) is 0. The van der Waals surface area contributed by atoms with Crippen LogP contribution in [0, 0.1) is 0 Å². The van der Waals surface area contributed by atoms with Crippen molar-refractivity contribution in [3.63, 3.8) is 0 Å². The fourth-order valence-electron chi connectivity index (χ4n) is 1.71. The fourth-order valence-corrected chi connectivity index (χ4v) is 3.74. The summed E-state index contributed by atoms with van der Waals surface area (Å²) in [5.74, 6) is 0.808. The van der Waals surface area contributed by atoms with Gasteiger partial charge in [0.25, 0.3) is 0 Å². The Labute approximate surface area is 137 Å². The van der Waals surface area contributed by atoms with Gasteiger partial charge in [-0.05, 0) is 46.6 Å². The molecule has 0 amide bonds. The van der Waals surface area contributed by atoms with Crippen molar-refractivity contribution < 1.29 is 8.42 Å². The molecule has 0 aliphatic rings. The number of sulfone groups is 1. The van der Waals surface area contributed by atoms with E-state index in [-0.39, 0.29) is 0 Å². The Morgan fingerprint density at radius 2 is 1.86 bits per heavy atom. The van der Waals surface area contributed by atoms with Crippen LogP contribution < -0.4 is 0 Å². The second-order valence-electron chi connectivity index (χ2n) is 4.54. The zero-order valence-corrected chi connectivity index (χ0v) is 14.9. The lowest BCUT2D eigenvalue weighted by Gasteiger charge is -2.05. The summed E-state index contributed by atoms with van der Waals surface area (Å²) in [6.45, 7) is 2.08. The summed E-state index contributed by atoms with van der Waals surface area (Å²) < 4.78 is 23.6. The number of aryl methyl sites for hydroxylation is 1. The Morgan fingerprint density at radius 1 is 1.19 bits per heavy atom. The zero-order valence-electron chi connectivity index (χ0n) is 11.7. The Bertz CT molecular complexity index is 731. The van der Waals surface area contributed by atoms with Crippen molar-refractivity contribution in [2.75, 3.05) is 6.26 Å². The molecule has 0 saturated carbocycles. The van der Waals surface area contributed by atoms with Crippen molar-refractivity contribution in [1.82, 2.24) is 9.97 Å². The molecule has 0 atom stereocenters. The molecule has 1 heterocycles. The van der Waals surface area contributed by atoms with E-state index < -0.39 is 9.84 Å². The van der Waals surface area contributed by atoms with Crippen molar-refractivity contribution >= 4 is 37.5 Å². The highest BCUT2D eigenvalue weighted by Gasteiger charge is 2.08. The highest BCUT2D eigenvalue weighted by Crippen LogP contribution is 2.28. The summed E-state index contributed by atoms with van der Waals surface area (Å²) in [4.78, 5) is 10.1. The lowest BCUT2D eigenvalue weighted by molar-refractivity contribution is 0.602. The molecule has 2 aromatic rings. The van der Waals surface area contributed by atoms with Gasteiger partial charge in [0.15, 0.2) is 9.84 Å². The fraction of sp³-hybridized carbons (Fsp3) is 0.286. The number of halogens is 1. The van der Waals surface area contributed by atoms with E-state index in [1.54, 1.807) is 24.3 Å². The topological polar surface area (TPSA) is 59.9 Å². The second kappa shape index (κ2) is 6.89. The zero-order chi connectivity index (χ0) is 15.5. The van der Waals surface area contributed by atoms with Crippen LogP contribution in [0.15, 0.2) is 49.8 Å². The highest BCUT2D eigenvalue weighted by molar-refractivity contribution is 9.10. The lowest BCUT2D eigenvalue weighted by Crippen LogP contribution is -1.97. The van der Waals surface area contributed by atoms with Crippen molar-refractivity contribution in [2.24, 2.45) is 0 Å². The van der Waals surface area contributed by atoms with E-state index in [1.807, 2.05) is 6.07 Å². The van der Waals surface area contributed by atoms with E-state index >= 15 is 0 Å². The molecule has 0 spiro atoms. The Morgan fingerprint density at radius 3 is 2.43 bits per heavy atom. The first-order valence-electron chi connectivity index (χ1n) is 6.40. The molecular weight excluding hydrogens is 372 g/mol. The number of aromatic nitrogens is 2. The smallest absolute Gasteiger partial charge is 0.175 e. The van der Waals surface area contributed by atoms with Crippen LogP contribution in [0.1, 0.15) is 19.2 Å². The third-order valence-electron chi connectivity index (χ3n) is 2.67. The molecule has 7 heteroatoms. The first kappa shape index (κ1) is 16.5. The Balaban J connectivity index is 2.22. The number of rotatable bonds is 5. The summed E-state index contributed by atoms with van der Waals surface area (Å²) in [6, 6.07) is 8.66. The lowest BCUT2D eigenvalue weighted by atomic mass is 10.3. The van der Waals surface area contributed by atoms with E-state index in [9.17, 15) is 8.42 Å². The van der Waals surface area contributed by atoms with Crippen LogP contribution in [0.25, 0.3) is 0 Å². The highest BCUT2D eigenvalue weighted by atomic mass is 79.9. The van der Waals surface area contributed by atoms with E-state index in [0.29, 0.717) is 4.90 Å². The van der Waals surface area contributed by atoms with Crippen LogP contribution in [-0.4, -0.2) is 24.6 Å². The van der Waals surface area contributed by atoms with Gasteiger partial charge in [0.2, 0.25) is 0 Å². The average Bonchev–Trinajstić information content (AvgIpc) is 2.38. The normalized spacial score (nSPS) is 11.6. The van der Waals surface area contributed by atoms with Gasteiger partial charge in [0.1, 0.15) is 15.5 Å². The van der Waals surface area contributed by atoms with Gasteiger partial charge in [0, 0.05) is 23.6 Å². The maximum atomic E-state index is 11.4. The molecule has 1 aromatic heterocycles. The summed E-state index contributed by atoms with van der Waals surface area (Å²) in [7, 11) is -3.16. The summed E-state index contributed by atoms with van der Waals surface area (Å²) in [6.07, 6.45) is 3.03. The standard InChI is InChI=1S/C14H15BrN2O2S2/c1-3-4-13-16-12(15)9-14(17-13)20-10-5-7-11(8-6-10)21(2,18)19/h5-9H,3-4H2,1-2H3. The Kier molecular flexibility index (Phi) is 5.40. The van der Waals surface area contributed by atoms with E-state index in [1.165, 1.54) is 18.0 Å². The molecule has 1 aromatic carbocycles. The summed E-state index contributed by atoms with van der Waals surface area (Å²) in [5.41, 5.74) is 0. The maximum Gasteiger partial charge on any atom is 0.175 e. The first-order valence-corrected chi connectivity index (χ1v) is 9.90. The van der Waals surface area contributed by atoms with Gasteiger partial charge in [-0.25, -0.2) is 18.4 Å². The SMILES string of the molecule is CCCc1nc(Br)cc(Sc2ccc(S(C)(=O)=O)cc2)n1. The third-order valence-corrected chi connectivity index (χ3v) is 5.13.